The molecule has 0 unspecified atom stereocenters. The Bertz CT molecular complexity index is 4290. The SMILES string of the molecule is Cc1cc([C@H](C(=O)N2C[C@H](O)C[C@H]2C(=O)C[C@@H](C)c2ccc(-c3ocnc3C)cc2)C(C)(C)C)on1.Cc1cc([C@H](C(=O)N2C[C@H](O)C[C@H]2C(=O)C[C@@H](C)c2ccc(-c3ocnc3C)cc2)C(C)C)on1.Cc1cc([C@H](C(=O)N2C[C@H](O)C[C@H]2C(=O)C[C@@H](C)c2ccc(-c3scnc3C)cc2)C(C)C)on1. The van der Waals surface area contributed by atoms with Gasteiger partial charge in [0.15, 0.2) is 41.7 Å². The minimum atomic E-state index is -0.736. The fraction of sp³-hybridized carbons (Fsp3) is 0.488. The van der Waals surface area contributed by atoms with Crippen LogP contribution in [0.25, 0.3) is 33.1 Å². The standard InChI is InChI=1S/C28H35N3O5.C27H33N3O5.C27H33N3O4S/c1-16(19-7-9-20(10-8-19)26-18(3)29-15-35-26)11-23(33)22-13-21(32)14-31(22)27(34)25(28(4,5)6)24-12-17(2)30-36-24;1-15(2)25(24-11-17(4)29-35-24)27(33)30-13-21(31)12-22(30)23(32)10-16(3)19-6-8-20(9-7-19)26-18(5)28-14-34-26;1-15(2)25(24-11-17(4)29-34-24)27(33)30-13-21(31)12-22(30)23(32)10-16(3)19-6-8-20(9-7-19)26-18(5)28-14-35-26/h7-10,12,15-16,21-22,25,32H,11,13-14H2,1-6H3;2*6-9,11,14-16,21-22,25,31H,10,12-13H2,1-5H3/t3*16-,21-,22+,25-/m111/s1. The normalized spacial score (nSPS) is 19.8. The molecule has 3 fully saturated rings. The molecule has 0 spiro atoms. The summed E-state index contributed by atoms with van der Waals surface area (Å²) in [6, 6.07) is 27.4. The molecule has 3 N–H and O–H groups in total. The second-order valence-corrected chi connectivity index (χ2v) is 31.8. The number of hydrogen-bond donors (Lipinski definition) is 3. The summed E-state index contributed by atoms with van der Waals surface area (Å²) in [6.07, 6.45) is 2.28. The fourth-order valence-electron chi connectivity index (χ4n) is 14.9. The van der Waals surface area contributed by atoms with Crippen molar-refractivity contribution in [2.45, 2.75) is 221 Å². The predicted octanol–water partition coefficient (Wildman–Crippen LogP) is 14.1. The number of aliphatic hydroxyl groups is 3. The Morgan fingerprint density at radius 1 is 0.462 bits per heavy atom. The second kappa shape index (κ2) is 34.0. The van der Waals surface area contributed by atoms with Crippen LogP contribution in [-0.2, 0) is 28.8 Å². The molecule has 12 rings (SSSR count). The van der Waals surface area contributed by atoms with E-state index < -0.39 is 59.6 Å². The van der Waals surface area contributed by atoms with Crippen LogP contribution in [0.4, 0.5) is 0 Å². The molecule has 0 radical (unpaired) electrons. The molecule has 3 aromatic carbocycles. The van der Waals surface area contributed by atoms with Crippen molar-refractivity contribution in [1.82, 2.24) is 45.1 Å². The zero-order chi connectivity index (χ0) is 76.7. The molecule has 9 heterocycles. The summed E-state index contributed by atoms with van der Waals surface area (Å²) in [7, 11) is 0. The highest BCUT2D eigenvalue weighted by Gasteiger charge is 2.48. The van der Waals surface area contributed by atoms with Gasteiger partial charge in [-0.2, -0.15) is 0 Å². The first-order chi connectivity index (χ1) is 50.3. The van der Waals surface area contributed by atoms with Crippen molar-refractivity contribution < 1.29 is 66.5 Å². The largest absolute Gasteiger partial charge is 0.443 e. The Hall–Kier alpha value is -9.36. The van der Waals surface area contributed by atoms with Crippen molar-refractivity contribution in [2.75, 3.05) is 19.6 Å². The van der Waals surface area contributed by atoms with Crippen LogP contribution < -0.4 is 0 Å². The monoisotopic (exact) mass is 1470 g/mol. The summed E-state index contributed by atoms with van der Waals surface area (Å²) >= 11 is 1.61. The van der Waals surface area contributed by atoms with Crippen molar-refractivity contribution in [1.29, 1.82) is 0 Å². The number of aromatic nitrogens is 6. The average molecular weight is 1470 g/mol. The molecule has 0 bridgehead atoms. The number of amides is 3. The first-order valence-electron chi connectivity index (χ1n) is 36.6. The van der Waals surface area contributed by atoms with Gasteiger partial charge in [-0.25, -0.2) is 15.0 Å². The van der Waals surface area contributed by atoms with Gasteiger partial charge in [-0.3, -0.25) is 28.8 Å². The van der Waals surface area contributed by atoms with Gasteiger partial charge >= 0.3 is 0 Å². The lowest BCUT2D eigenvalue weighted by molar-refractivity contribution is -0.141. The Kier molecular flexibility index (Phi) is 25.4. The smallest absolute Gasteiger partial charge is 0.234 e. The summed E-state index contributed by atoms with van der Waals surface area (Å²) in [5.74, 6) is 0.307. The van der Waals surface area contributed by atoms with Crippen LogP contribution in [0.5, 0.6) is 0 Å². The lowest BCUT2D eigenvalue weighted by atomic mass is 9.78. The van der Waals surface area contributed by atoms with E-state index in [2.05, 4.69) is 54.7 Å². The van der Waals surface area contributed by atoms with Gasteiger partial charge in [0.1, 0.15) is 35.0 Å². The quantitative estimate of drug-likeness (QED) is 0.0536. The maximum Gasteiger partial charge on any atom is 0.234 e. The summed E-state index contributed by atoms with van der Waals surface area (Å²) < 4.78 is 27.2. The van der Waals surface area contributed by atoms with Gasteiger partial charge in [0.25, 0.3) is 0 Å². The molecule has 3 aliphatic rings. The first-order valence-corrected chi connectivity index (χ1v) is 37.5. The molecular formula is C82H101N9O14S. The Morgan fingerprint density at radius 2 is 0.792 bits per heavy atom. The molecule has 9 aromatic rings. The number of rotatable bonds is 23. The third-order valence-corrected chi connectivity index (χ3v) is 21.6. The zero-order valence-electron chi connectivity index (χ0n) is 63.6. The number of nitrogens with zero attached hydrogens (tertiary/aromatic N) is 9. The third kappa shape index (κ3) is 18.5. The van der Waals surface area contributed by atoms with Crippen molar-refractivity contribution in [3.63, 3.8) is 0 Å². The number of thiazole rings is 1. The highest BCUT2D eigenvalue weighted by molar-refractivity contribution is 7.13. The molecule has 3 aliphatic heterocycles. The van der Waals surface area contributed by atoms with E-state index in [1.807, 2.05) is 158 Å². The molecule has 564 valence electrons. The number of Topliss-reactive ketones (excluding diaryl/α,β-unsaturated/α-hetero) is 3. The van der Waals surface area contributed by atoms with E-state index in [-0.39, 0.29) is 116 Å². The summed E-state index contributed by atoms with van der Waals surface area (Å²) in [5.41, 5.74) is 12.2. The van der Waals surface area contributed by atoms with Gasteiger partial charge in [-0.05, 0) is 98.8 Å². The maximum absolute atomic E-state index is 13.8. The molecule has 3 amide bonds. The first kappa shape index (κ1) is 79.2. The number of hydrogen-bond acceptors (Lipinski definition) is 21. The third-order valence-electron chi connectivity index (χ3n) is 20.6. The van der Waals surface area contributed by atoms with Crippen LogP contribution in [0.2, 0.25) is 0 Å². The van der Waals surface area contributed by atoms with Crippen molar-refractivity contribution in [2.24, 2.45) is 17.3 Å². The minimum absolute atomic E-state index is 0.00776. The lowest BCUT2D eigenvalue weighted by Crippen LogP contribution is -2.46. The zero-order valence-corrected chi connectivity index (χ0v) is 64.4. The molecular weight excluding hydrogens is 1370 g/mol. The van der Waals surface area contributed by atoms with Crippen LogP contribution in [-0.4, -0.2) is 152 Å². The molecule has 0 aliphatic carbocycles. The van der Waals surface area contributed by atoms with Crippen LogP contribution in [0.3, 0.4) is 0 Å². The highest BCUT2D eigenvalue weighted by Crippen LogP contribution is 2.41. The highest BCUT2D eigenvalue weighted by atomic mass is 32.1. The molecule has 24 heteroatoms. The number of carbonyl (C=O) groups is 6. The number of likely N-dealkylation sites (tertiary alicyclic amines) is 3. The van der Waals surface area contributed by atoms with Crippen molar-refractivity contribution in [3.05, 3.63) is 177 Å². The molecule has 6 aromatic heterocycles. The number of aliphatic hydroxyl groups excluding tert-OH is 3. The van der Waals surface area contributed by atoms with Gasteiger partial charge in [-0.15, -0.1) is 11.3 Å². The van der Waals surface area contributed by atoms with E-state index in [0.29, 0.717) is 40.8 Å². The van der Waals surface area contributed by atoms with E-state index in [1.54, 1.807) is 46.3 Å². The van der Waals surface area contributed by atoms with E-state index in [4.69, 9.17) is 22.4 Å². The van der Waals surface area contributed by atoms with Crippen LogP contribution in [0.15, 0.2) is 132 Å². The summed E-state index contributed by atoms with van der Waals surface area (Å²) in [6.45, 7) is 31.3. The van der Waals surface area contributed by atoms with Crippen LogP contribution in [0.1, 0.15) is 211 Å². The summed E-state index contributed by atoms with van der Waals surface area (Å²) in [4.78, 5) is 99.4. The van der Waals surface area contributed by atoms with Gasteiger partial charge in [0, 0.05) is 87.5 Å². The van der Waals surface area contributed by atoms with E-state index in [1.165, 1.54) is 17.7 Å². The van der Waals surface area contributed by atoms with Gasteiger partial charge in [0.05, 0.1) is 81.0 Å². The number of benzene rings is 3. The van der Waals surface area contributed by atoms with Crippen LogP contribution in [0, 0.1) is 58.8 Å². The van der Waals surface area contributed by atoms with E-state index >= 15 is 0 Å². The second-order valence-electron chi connectivity index (χ2n) is 30.9. The number of oxazole rings is 2. The number of ketones is 3. The Balaban J connectivity index is 0.000000170. The average Bonchev–Trinajstić information content (AvgIpc) is 1.61. The topological polar surface area (TPSA) is 316 Å². The van der Waals surface area contributed by atoms with Gasteiger partial charge < -0.3 is 52.4 Å². The number of carbonyl (C=O) groups excluding carboxylic acids is 6. The number of β-amino-alcohol motifs (C(OH)–C–C–N with tert-alkyl or cyclic N) is 3. The van der Waals surface area contributed by atoms with Crippen LogP contribution >= 0.6 is 11.3 Å². The fourth-order valence-corrected chi connectivity index (χ4v) is 15.7. The molecule has 0 saturated carbocycles. The van der Waals surface area contributed by atoms with Gasteiger partial charge in [0.2, 0.25) is 17.7 Å². The predicted molar refractivity (Wildman–Crippen MR) is 399 cm³/mol. The Labute approximate surface area is 623 Å². The van der Waals surface area contributed by atoms with Crippen molar-refractivity contribution >= 4 is 46.4 Å². The van der Waals surface area contributed by atoms with E-state index in [9.17, 15) is 44.1 Å². The number of aryl methyl sites for hydroxylation is 6. The minimum Gasteiger partial charge on any atom is -0.443 e. The lowest BCUT2D eigenvalue weighted by Gasteiger charge is -2.33. The Morgan fingerprint density at radius 3 is 1.08 bits per heavy atom. The van der Waals surface area contributed by atoms with E-state index in [0.717, 1.165) is 66.9 Å². The molecule has 23 nitrogen and oxygen atoms in total. The van der Waals surface area contributed by atoms with Crippen molar-refractivity contribution in [3.8, 4) is 33.1 Å². The summed E-state index contributed by atoms with van der Waals surface area (Å²) in [5, 5.41) is 43.0. The molecule has 3 saturated heterocycles. The molecule has 106 heavy (non-hydrogen) atoms. The van der Waals surface area contributed by atoms with Gasteiger partial charge in [-0.1, -0.05) is 158 Å². The molecule has 12 atom stereocenters. The maximum atomic E-state index is 13.8.